The van der Waals surface area contributed by atoms with Crippen LogP contribution < -0.4 is 11.1 Å². The third kappa shape index (κ3) is 38.2. The molecule has 0 aromatic carbocycles. The number of rotatable bonds is 39. The number of carbonyl (C=O) groups is 1. The van der Waals surface area contributed by atoms with Crippen molar-refractivity contribution < 1.29 is 28.4 Å². The van der Waals surface area contributed by atoms with Crippen LogP contribution in [0.4, 0.5) is 0 Å². The minimum absolute atomic E-state index is 0.0778. The van der Waals surface area contributed by atoms with Crippen molar-refractivity contribution in [2.45, 2.75) is 187 Å². The Bertz CT molecular complexity index is 1070. The van der Waals surface area contributed by atoms with Crippen LogP contribution in [-0.2, 0) is 18.4 Å². The molecule has 0 spiro atoms. The van der Waals surface area contributed by atoms with E-state index in [4.69, 9.17) is 14.8 Å². The monoisotopic (exact) mass is 777 g/mol. The molecule has 0 saturated heterocycles. The Balaban J connectivity index is 4.28. The van der Waals surface area contributed by atoms with Gasteiger partial charge in [0.15, 0.2) is 0 Å². The molecule has 312 valence electrons. The molecule has 0 aliphatic heterocycles. The van der Waals surface area contributed by atoms with Gasteiger partial charge in [0.2, 0.25) is 5.91 Å². The van der Waals surface area contributed by atoms with E-state index >= 15 is 0 Å². The summed E-state index contributed by atoms with van der Waals surface area (Å²) in [6.45, 7) is 4.04. The average Bonchev–Trinajstić information content (AvgIpc) is 3.16. The van der Waals surface area contributed by atoms with Gasteiger partial charge in [0, 0.05) is 13.0 Å². The molecule has 0 heterocycles. The topological polar surface area (TPSA) is 131 Å². The molecule has 0 aliphatic carbocycles. The largest absolute Gasteiger partial charge is 0.472 e. The van der Waals surface area contributed by atoms with Crippen LogP contribution in [0.15, 0.2) is 72.9 Å². The quantitative estimate of drug-likeness (QED) is 0.0278. The Morgan fingerprint density at radius 3 is 1.54 bits per heavy atom. The number of nitrogens with one attached hydrogen (secondary N) is 1. The average molecular weight is 777 g/mol. The van der Waals surface area contributed by atoms with E-state index in [-0.39, 0.29) is 25.7 Å². The van der Waals surface area contributed by atoms with E-state index in [9.17, 15) is 19.4 Å². The van der Waals surface area contributed by atoms with E-state index < -0.39 is 20.0 Å². The van der Waals surface area contributed by atoms with Gasteiger partial charge < -0.3 is 21.1 Å². The van der Waals surface area contributed by atoms with Gasteiger partial charge in [-0.05, 0) is 64.2 Å². The highest BCUT2D eigenvalue weighted by Gasteiger charge is 2.27. The molecular weight excluding hydrogens is 695 g/mol. The summed E-state index contributed by atoms with van der Waals surface area (Å²) in [5, 5.41) is 13.8. The van der Waals surface area contributed by atoms with E-state index in [1.54, 1.807) is 0 Å². The highest BCUT2D eigenvalue weighted by Crippen LogP contribution is 2.43. The van der Waals surface area contributed by atoms with Gasteiger partial charge in [-0.3, -0.25) is 13.8 Å². The second-order valence-electron chi connectivity index (χ2n) is 14.2. The Morgan fingerprint density at radius 1 is 0.630 bits per heavy atom. The van der Waals surface area contributed by atoms with Gasteiger partial charge in [-0.1, -0.05) is 177 Å². The first-order valence-electron chi connectivity index (χ1n) is 21.6. The lowest BCUT2D eigenvalue weighted by Gasteiger charge is -2.25. The van der Waals surface area contributed by atoms with Crippen molar-refractivity contribution in [3.8, 4) is 0 Å². The van der Waals surface area contributed by atoms with Crippen molar-refractivity contribution in [2.75, 3.05) is 19.8 Å². The Labute approximate surface area is 331 Å². The zero-order valence-electron chi connectivity index (χ0n) is 34.4. The molecule has 0 fully saturated rings. The summed E-state index contributed by atoms with van der Waals surface area (Å²) >= 11 is 0. The first-order valence-corrected chi connectivity index (χ1v) is 23.0. The van der Waals surface area contributed by atoms with E-state index in [2.05, 4.69) is 92.1 Å². The van der Waals surface area contributed by atoms with Crippen molar-refractivity contribution in [2.24, 2.45) is 5.73 Å². The molecule has 0 aliphatic rings. The van der Waals surface area contributed by atoms with E-state index in [0.29, 0.717) is 19.3 Å². The number of aliphatic hydroxyl groups excluding tert-OH is 1. The van der Waals surface area contributed by atoms with Crippen LogP contribution in [0.2, 0.25) is 0 Å². The molecule has 1 amide bonds. The van der Waals surface area contributed by atoms with Crippen LogP contribution in [-0.4, -0.2) is 47.8 Å². The standard InChI is InChI=1S/C45H81N2O6P/c1-3-5-7-9-11-13-15-17-19-20-21-22-23-24-25-27-29-31-33-35-37-39-45(49)47-43(42-53-54(50,51)52-41-40-46)44(48)38-36-34-32-30-28-26-18-16-14-12-10-8-6-4-2/h5,7,11,13,17,19,21-22,24-25,29,31,43-44,48H,3-4,6,8-10,12,14-16,18,20,23,26-28,30,32-42,46H2,1-2H3,(H,47,49)(H,50,51)/b7-5-,13-11-,19-17-,22-21-,25-24-,31-29-. The van der Waals surface area contributed by atoms with Crippen LogP contribution >= 0.6 is 7.82 Å². The predicted molar refractivity (Wildman–Crippen MR) is 230 cm³/mol. The number of allylic oxidation sites excluding steroid dienone is 12. The van der Waals surface area contributed by atoms with Gasteiger partial charge in [-0.15, -0.1) is 0 Å². The van der Waals surface area contributed by atoms with Crippen molar-refractivity contribution in [1.29, 1.82) is 0 Å². The lowest BCUT2D eigenvalue weighted by molar-refractivity contribution is -0.123. The second-order valence-corrected chi connectivity index (χ2v) is 15.6. The summed E-state index contributed by atoms with van der Waals surface area (Å²) in [6.07, 6.45) is 51.9. The van der Waals surface area contributed by atoms with Crippen LogP contribution in [0.3, 0.4) is 0 Å². The number of nitrogens with two attached hydrogens (primary N) is 1. The molecule has 9 heteroatoms. The fourth-order valence-corrected chi connectivity index (χ4v) is 6.60. The van der Waals surface area contributed by atoms with Gasteiger partial charge in [0.1, 0.15) is 0 Å². The van der Waals surface area contributed by atoms with Crippen molar-refractivity contribution in [3.63, 3.8) is 0 Å². The van der Waals surface area contributed by atoms with Gasteiger partial charge in [0.05, 0.1) is 25.4 Å². The molecule has 0 saturated carbocycles. The Kier molecular flexibility index (Phi) is 39.0. The van der Waals surface area contributed by atoms with E-state index in [1.165, 1.54) is 70.6 Å². The van der Waals surface area contributed by atoms with E-state index in [0.717, 1.165) is 70.6 Å². The third-order valence-electron chi connectivity index (χ3n) is 9.07. The molecule has 0 aromatic heterocycles. The highest BCUT2D eigenvalue weighted by molar-refractivity contribution is 7.47. The van der Waals surface area contributed by atoms with Crippen molar-refractivity contribution in [3.05, 3.63) is 72.9 Å². The number of aliphatic hydroxyl groups is 1. The Morgan fingerprint density at radius 2 is 1.07 bits per heavy atom. The summed E-state index contributed by atoms with van der Waals surface area (Å²) in [5.74, 6) is -0.206. The molecule has 5 N–H and O–H groups in total. The first-order chi connectivity index (χ1) is 26.4. The molecule has 3 atom stereocenters. The molecule has 0 aromatic rings. The molecule has 0 rings (SSSR count). The minimum Gasteiger partial charge on any atom is -0.391 e. The number of amides is 1. The zero-order valence-corrected chi connectivity index (χ0v) is 35.3. The maximum atomic E-state index is 12.8. The van der Waals surface area contributed by atoms with Gasteiger partial charge >= 0.3 is 7.82 Å². The lowest BCUT2D eigenvalue weighted by atomic mass is 10.0. The summed E-state index contributed by atoms with van der Waals surface area (Å²) in [4.78, 5) is 22.7. The number of phosphoric acid groups is 1. The SMILES string of the molecule is CC/C=C\C/C=C\C/C=C\C/C=C\C/C=C\C/C=C\CCCCC(=O)NC(COP(=O)(O)OCCN)C(O)CCCCCCCCCCCCCCCC. The minimum atomic E-state index is -4.33. The third-order valence-corrected chi connectivity index (χ3v) is 10.1. The summed E-state index contributed by atoms with van der Waals surface area (Å²) in [7, 11) is -4.33. The fraction of sp³-hybridized carbons (Fsp3) is 0.711. The fourth-order valence-electron chi connectivity index (χ4n) is 5.84. The van der Waals surface area contributed by atoms with Crippen LogP contribution in [0.1, 0.15) is 174 Å². The predicted octanol–water partition coefficient (Wildman–Crippen LogP) is 12.1. The first kappa shape index (κ1) is 51.9. The normalized spacial score (nSPS) is 14.8. The molecular formula is C45H81N2O6P. The maximum Gasteiger partial charge on any atom is 0.472 e. The molecule has 0 bridgehead atoms. The molecule has 3 unspecified atom stereocenters. The summed E-state index contributed by atoms with van der Waals surface area (Å²) < 4.78 is 22.2. The van der Waals surface area contributed by atoms with Crippen molar-refractivity contribution >= 4 is 13.7 Å². The van der Waals surface area contributed by atoms with E-state index in [1.807, 2.05) is 0 Å². The lowest BCUT2D eigenvalue weighted by Crippen LogP contribution is -2.46. The van der Waals surface area contributed by atoms with Gasteiger partial charge in [-0.2, -0.15) is 0 Å². The maximum absolute atomic E-state index is 12.8. The molecule has 54 heavy (non-hydrogen) atoms. The second kappa shape index (κ2) is 40.6. The van der Waals surface area contributed by atoms with Gasteiger partial charge in [-0.25, -0.2) is 4.57 Å². The van der Waals surface area contributed by atoms with Crippen LogP contribution in [0.5, 0.6) is 0 Å². The zero-order chi connectivity index (χ0) is 39.6. The number of phosphoric ester groups is 1. The number of hydrogen-bond acceptors (Lipinski definition) is 6. The molecule has 0 radical (unpaired) electrons. The number of carbonyl (C=O) groups excluding carboxylic acids is 1. The molecule has 8 nitrogen and oxygen atoms in total. The van der Waals surface area contributed by atoms with Crippen LogP contribution in [0, 0.1) is 0 Å². The van der Waals surface area contributed by atoms with Crippen LogP contribution in [0.25, 0.3) is 0 Å². The van der Waals surface area contributed by atoms with Gasteiger partial charge in [0.25, 0.3) is 0 Å². The highest BCUT2D eigenvalue weighted by atomic mass is 31.2. The number of unbranched alkanes of at least 4 members (excludes halogenated alkanes) is 15. The summed E-state index contributed by atoms with van der Waals surface area (Å²) in [6, 6.07) is -0.801. The Hall–Kier alpha value is -2.06. The summed E-state index contributed by atoms with van der Waals surface area (Å²) in [5.41, 5.74) is 5.37. The smallest absolute Gasteiger partial charge is 0.391 e. The number of hydrogen-bond donors (Lipinski definition) is 4. The van der Waals surface area contributed by atoms with Crippen molar-refractivity contribution in [1.82, 2.24) is 5.32 Å².